The molecule has 13 rings (SSSR count). The molecule has 0 aliphatic heterocycles. The molecule has 2 aliphatic rings. The molecule has 0 N–H and O–H groups in total. The van der Waals surface area contributed by atoms with Gasteiger partial charge >= 0.3 is 0 Å². The molecule has 0 saturated carbocycles. The zero-order valence-corrected chi connectivity index (χ0v) is 36.9. The molecule has 0 radical (unpaired) electrons. The maximum absolute atomic E-state index is 6.52. The van der Waals surface area contributed by atoms with Crippen LogP contribution in [0.25, 0.3) is 66.4 Å². The number of para-hydroxylation sites is 2. The quantitative estimate of drug-likeness (QED) is 0.159. The fourth-order valence-corrected chi connectivity index (χ4v) is 11.5. The molecule has 0 saturated heterocycles. The summed E-state index contributed by atoms with van der Waals surface area (Å²) in [4.78, 5) is 2.45. The second kappa shape index (κ2) is 14.7. The molecular formula is C64H45NO. The first kappa shape index (κ1) is 38.3. The van der Waals surface area contributed by atoms with E-state index in [1.54, 1.807) is 0 Å². The summed E-state index contributed by atoms with van der Waals surface area (Å²) in [6.45, 7) is 4.76. The van der Waals surface area contributed by atoms with Crippen molar-refractivity contribution in [1.29, 1.82) is 0 Å². The van der Waals surface area contributed by atoms with Crippen LogP contribution in [0.15, 0.2) is 241 Å². The molecule has 10 aromatic carbocycles. The molecule has 0 amide bonds. The molecule has 312 valence electrons. The number of benzene rings is 10. The summed E-state index contributed by atoms with van der Waals surface area (Å²) < 4.78 is 6.52. The van der Waals surface area contributed by atoms with E-state index in [0.29, 0.717) is 0 Å². The maximum Gasteiger partial charge on any atom is 0.143 e. The average molecular weight is 844 g/mol. The van der Waals surface area contributed by atoms with Crippen molar-refractivity contribution in [1.82, 2.24) is 0 Å². The summed E-state index contributed by atoms with van der Waals surface area (Å²) in [6, 6.07) is 87.0. The fraction of sp³-hybridized carbons (Fsp3) is 0.0625. The molecule has 11 aromatic rings. The van der Waals surface area contributed by atoms with Crippen LogP contribution in [0, 0.1) is 0 Å². The molecule has 0 unspecified atom stereocenters. The van der Waals surface area contributed by atoms with Gasteiger partial charge in [-0.3, -0.25) is 0 Å². The highest BCUT2D eigenvalue weighted by Gasteiger charge is 2.46. The number of anilines is 3. The van der Waals surface area contributed by atoms with Crippen LogP contribution in [0.2, 0.25) is 0 Å². The molecule has 2 aliphatic carbocycles. The monoisotopic (exact) mass is 843 g/mol. The van der Waals surface area contributed by atoms with E-state index in [0.717, 1.165) is 50.1 Å². The highest BCUT2D eigenvalue weighted by Crippen LogP contribution is 2.58. The van der Waals surface area contributed by atoms with Crippen LogP contribution in [-0.4, -0.2) is 0 Å². The third-order valence-corrected chi connectivity index (χ3v) is 14.6. The Hall–Kier alpha value is -8.20. The molecule has 2 heteroatoms. The van der Waals surface area contributed by atoms with E-state index in [2.05, 4.69) is 249 Å². The van der Waals surface area contributed by atoms with E-state index in [-0.39, 0.29) is 5.41 Å². The largest absolute Gasteiger partial charge is 0.455 e. The Morgan fingerprint density at radius 3 is 1.62 bits per heavy atom. The lowest BCUT2D eigenvalue weighted by Gasteiger charge is -2.34. The maximum atomic E-state index is 6.52. The van der Waals surface area contributed by atoms with Gasteiger partial charge in [0.25, 0.3) is 0 Å². The first-order valence-electron chi connectivity index (χ1n) is 23.0. The van der Waals surface area contributed by atoms with Crippen LogP contribution in [0.5, 0.6) is 0 Å². The first-order chi connectivity index (χ1) is 32.5. The van der Waals surface area contributed by atoms with Crippen molar-refractivity contribution >= 4 is 39.0 Å². The van der Waals surface area contributed by atoms with Gasteiger partial charge in [0.15, 0.2) is 0 Å². The Balaban J connectivity index is 0.992. The van der Waals surface area contributed by atoms with Crippen LogP contribution < -0.4 is 4.90 Å². The van der Waals surface area contributed by atoms with Gasteiger partial charge in [0.1, 0.15) is 11.2 Å². The third kappa shape index (κ3) is 5.61. The zero-order valence-electron chi connectivity index (χ0n) is 36.9. The lowest BCUT2D eigenvalue weighted by molar-refractivity contribution is 0.660. The van der Waals surface area contributed by atoms with Gasteiger partial charge in [0, 0.05) is 38.8 Å². The predicted molar refractivity (Wildman–Crippen MR) is 274 cm³/mol. The van der Waals surface area contributed by atoms with Crippen LogP contribution in [0.4, 0.5) is 17.1 Å². The molecule has 0 spiro atoms. The summed E-state index contributed by atoms with van der Waals surface area (Å²) in [7, 11) is 0. The van der Waals surface area contributed by atoms with Gasteiger partial charge in [-0.2, -0.15) is 0 Å². The van der Waals surface area contributed by atoms with Crippen molar-refractivity contribution in [2.24, 2.45) is 0 Å². The lowest BCUT2D eigenvalue weighted by atomic mass is 9.68. The Kier molecular flexibility index (Phi) is 8.51. The van der Waals surface area contributed by atoms with Gasteiger partial charge in [-0.25, -0.2) is 0 Å². The molecule has 0 bridgehead atoms. The smallest absolute Gasteiger partial charge is 0.143 e. The minimum absolute atomic E-state index is 0.214. The fourth-order valence-electron chi connectivity index (χ4n) is 11.5. The second-order valence-corrected chi connectivity index (χ2v) is 18.4. The molecule has 1 aromatic heterocycles. The van der Waals surface area contributed by atoms with Gasteiger partial charge in [-0.1, -0.05) is 202 Å². The summed E-state index contributed by atoms with van der Waals surface area (Å²) in [6.07, 6.45) is 0. The van der Waals surface area contributed by atoms with Crippen molar-refractivity contribution in [3.63, 3.8) is 0 Å². The Labute approximate surface area is 385 Å². The number of hydrogen-bond acceptors (Lipinski definition) is 2. The summed E-state index contributed by atoms with van der Waals surface area (Å²) in [5, 5.41) is 2.27. The second-order valence-electron chi connectivity index (χ2n) is 18.4. The van der Waals surface area contributed by atoms with Crippen LogP contribution >= 0.6 is 0 Å². The topological polar surface area (TPSA) is 16.4 Å². The van der Waals surface area contributed by atoms with E-state index in [1.807, 2.05) is 6.07 Å². The SMILES string of the molecule is CC1(C)c2cc(-c3ccccc3)ccc2-c2ccc(N(c3ccc(-c4cccc5c4oc4ccccc45)cc3)c3ccc4c(c3)-c3ccccc3C4(c3ccccc3)c3ccccc3)cc21. The van der Waals surface area contributed by atoms with Crippen molar-refractivity contribution in [2.45, 2.75) is 24.7 Å². The highest BCUT2D eigenvalue weighted by molar-refractivity contribution is 6.09. The summed E-state index contributed by atoms with van der Waals surface area (Å²) in [5.74, 6) is 0. The zero-order chi connectivity index (χ0) is 44.0. The van der Waals surface area contributed by atoms with Gasteiger partial charge in [0.05, 0.1) is 5.41 Å². The first-order valence-corrected chi connectivity index (χ1v) is 23.0. The molecule has 0 fully saturated rings. The molecule has 0 atom stereocenters. The molecular weight excluding hydrogens is 799 g/mol. The van der Waals surface area contributed by atoms with Gasteiger partial charge in [-0.15, -0.1) is 0 Å². The Bertz CT molecular complexity index is 3620. The van der Waals surface area contributed by atoms with Crippen molar-refractivity contribution in [2.75, 3.05) is 4.90 Å². The summed E-state index contributed by atoms with van der Waals surface area (Å²) in [5.41, 5.74) is 22.0. The van der Waals surface area contributed by atoms with Gasteiger partial charge in [-0.05, 0) is 121 Å². The standard InChI is InChI=1S/C64H45NO/c1-63(2)59-39-44(42-17-6-3-7-18-42)31-36-52(59)53-37-34-49(41-60(53)63)65(47-32-29-43(30-33-47)50-25-16-26-55-54-24-13-15-28-61(54)66-62(50)55)48-35-38-58-56(40-48)51-23-12-14-27-57(51)64(58,45-19-8-4-9-20-45)46-21-10-5-11-22-46/h3-41H,1-2H3. The Morgan fingerprint density at radius 1 is 0.333 bits per heavy atom. The van der Waals surface area contributed by atoms with Gasteiger partial charge < -0.3 is 9.32 Å². The normalized spacial score (nSPS) is 13.8. The minimum atomic E-state index is -0.473. The average Bonchev–Trinajstić information content (AvgIpc) is 3.98. The van der Waals surface area contributed by atoms with Crippen LogP contribution in [0.1, 0.15) is 47.2 Å². The Morgan fingerprint density at radius 2 is 0.864 bits per heavy atom. The minimum Gasteiger partial charge on any atom is -0.455 e. The van der Waals surface area contributed by atoms with Crippen LogP contribution in [-0.2, 0) is 10.8 Å². The van der Waals surface area contributed by atoms with Crippen molar-refractivity contribution < 1.29 is 4.42 Å². The van der Waals surface area contributed by atoms with E-state index < -0.39 is 5.41 Å². The van der Waals surface area contributed by atoms with Crippen molar-refractivity contribution in [3.8, 4) is 44.5 Å². The van der Waals surface area contributed by atoms with Gasteiger partial charge in [0.2, 0.25) is 0 Å². The van der Waals surface area contributed by atoms with Crippen LogP contribution in [0.3, 0.4) is 0 Å². The van der Waals surface area contributed by atoms with E-state index in [9.17, 15) is 0 Å². The van der Waals surface area contributed by atoms with E-state index in [1.165, 1.54) is 66.8 Å². The van der Waals surface area contributed by atoms with E-state index >= 15 is 0 Å². The molecule has 2 nitrogen and oxygen atoms in total. The number of nitrogens with zero attached hydrogens (tertiary/aromatic N) is 1. The molecule has 1 heterocycles. The van der Waals surface area contributed by atoms with Crippen molar-refractivity contribution in [3.05, 3.63) is 270 Å². The molecule has 66 heavy (non-hydrogen) atoms. The third-order valence-electron chi connectivity index (χ3n) is 14.6. The lowest BCUT2D eigenvalue weighted by Crippen LogP contribution is -2.28. The number of furan rings is 1. The highest BCUT2D eigenvalue weighted by atomic mass is 16.3. The number of rotatable bonds is 7. The number of fused-ring (bicyclic) bond motifs is 9. The summed E-state index contributed by atoms with van der Waals surface area (Å²) >= 11 is 0. The predicted octanol–water partition coefficient (Wildman–Crippen LogP) is 17.1. The van der Waals surface area contributed by atoms with E-state index in [4.69, 9.17) is 4.42 Å². The number of hydrogen-bond donors (Lipinski definition) is 0.